The normalized spacial score (nSPS) is 27.2. The number of nitrogens with zero attached hydrogens (tertiary/aromatic N) is 4. The van der Waals surface area contributed by atoms with Crippen LogP contribution in [0.5, 0.6) is 5.75 Å². The lowest BCUT2D eigenvalue weighted by atomic mass is 10.1. The van der Waals surface area contributed by atoms with Crippen LogP contribution < -0.4 is 14.8 Å². The molecule has 1 aromatic carbocycles. The number of aliphatic imine (C=N–C) groups is 2. The molecule has 0 aromatic heterocycles. The number of quaternary nitrogens is 1. The summed E-state index contributed by atoms with van der Waals surface area (Å²) in [6.07, 6.45) is 4.53. The molecule has 2 aliphatic rings. The summed E-state index contributed by atoms with van der Waals surface area (Å²) in [6.45, 7) is 9.91. The van der Waals surface area contributed by atoms with Gasteiger partial charge in [-0.2, -0.15) is 8.26 Å². The second kappa shape index (κ2) is 10.7. The number of nitrogens with one attached hydrogen (secondary N) is 2. The first kappa shape index (κ1) is 24.6. The lowest BCUT2D eigenvalue weighted by Gasteiger charge is -2.38. The molecule has 0 saturated carbocycles. The van der Waals surface area contributed by atoms with Crippen molar-refractivity contribution in [1.82, 2.24) is 14.9 Å². The molecule has 0 bridgehead atoms. The van der Waals surface area contributed by atoms with Crippen LogP contribution in [-0.4, -0.2) is 63.9 Å². The first-order valence-electron chi connectivity index (χ1n) is 11.3. The Labute approximate surface area is 193 Å². The summed E-state index contributed by atoms with van der Waals surface area (Å²) in [7, 11) is 1.30. The Bertz CT molecular complexity index is 859. The molecular formula is C22H36N6O3S. The molecule has 2 N–H and O–H groups in total. The van der Waals surface area contributed by atoms with E-state index in [2.05, 4.69) is 37.1 Å². The van der Waals surface area contributed by atoms with Gasteiger partial charge in [-0.25, -0.2) is 14.7 Å². The van der Waals surface area contributed by atoms with Crippen molar-refractivity contribution in [2.24, 2.45) is 9.98 Å². The van der Waals surface area contributed by atoms with Gasteiger partial charge >= 0.3 is 17.1 Å². The average Bonchev–Trinajstić information content (AvgIpc) is 2.71. The van der Waals surface area contributed by atoms with Gasteiger partial charge in [0.2, 0.25) is 5.96 Å². The Balaban J connectivity index is 1.50. The molecule has 2 saturated heterocycles. The highest BCUT2D eigenvalue weighted by Gasteiger charge is 2.36. The topological polar surface area (TPSA) is 101 Å². The predicted molar refractivity (Wildman–Crippen MR) is 129 cm³/mol. The van der Waals surface area contributed by atoms with E-state index in [1.165, 1.54) is 45.0 Å². The Morgan fingerprint density at radius 1 is 1.25 bits per heavy atom. The van der Waals surface area contributed by atoms with Gasteiger partial charge in [0, 0.05) is 19.5 Å². The van der Waals surface area contributed by atoms with Gasteiger partial charge in [-0.05, 0) is 64.4 Å². The van der Waals surface area contributed by atoms with Gasteiger partial charge in [-0.15, -0.1) is 0 Å². The van der Waals surface area contributed by atoms with Crippen LogP contribution in [0.15, 0.2) is 34.3 Å². The number of benzene rings is 1. The zero-order valence-corrected chi connectivity index (χ0v) is 20.4. The fourth-order valence-corrected chi connectivity index (χ4v) is 4.28. The molecule has 2 aliphatic heterocycles. The molecule has 9 nitrogen and oxygen atoms in total. The summed E-state index contributed by atoms with van der Waals surface area (Å²) in [5, 5.41) is 15.6. The summed E-state index contributed by atoms with van der Waals surface area (Å²) >= 11 is -1.92. The van der Waals surface area contributed by atoms with Gasteiger partial charge in [-0.1, -0.05) is 18.6 Å². The van der Waals surface area contributed by atoms with Crippen LogP contribution in [-0.2, 0) is 17.7 Å². The number of hydroxylamine groups is 2. The van der Waals surface area contributed by atoms with E-state index in [4.69, 9.17) is 4.74 Å². The van der Waals surface area contributed by atoms with Crippen molar-refractivity contribution < 1.29 is 13.0 Å². The Morgan fingerprint density at radius 3 is 2.72 bits per heavy atom. The number of piperidine rings is 1. The number of hydrogen-bond acceptors (Lipinski definition) is 6. The van der Waals surface area contributed by atoms with Crippen molar-refractivity contribution in [2.75, 3.05) is 33.3 Å². The van der Waals surface area contributed by atoms with Crippen molar-refractivity contribution in [3.63, 3.8) is 0 Å². The maximum Gasteiger partial charge on any atom is 0.326 e. The summed E-state index contributed by atoms with van der Waals surface area (Å²) in [5.41, 5.74) is 0.876. The first-order valence-corrected chi connectivity index (χ1v) is 12.4. The minimum absolute atomic E-state index is 0.0774. The molecule has 2 unspecified atom stereocenters. The molecule has 2 fully saturated rings. The third-order valence-electron chi connectivity index (χ3n) is 5.15. The lowest BCUT2D eigenvalue weighted by molar-refractivity contribution is -0.623. The molecule has 2 atom stereocenters. The summed E-state index contributed by atoms with van der Waals surface area (Å²) < 4.78 is 19.7. The monoisotopic (exact) mass is 464 g/mol. The van der Waals surface area contributed by atoms with Crippen molar-refractivity contribution in [3.05, 3.63) is 35.0 Å². The van der Waals surface area contributed by atoms with Crippen LogP contribution in [0.4, 0.5) is 0 Å². The largest absolute Gasteiger partial charge is 0.609 e. The highest BCUT2D eigenvalue weighted by Crippen LogP contribution is 2.18. The molecule has 2 heterocycles. The van der Waals surface area contributed by atoms with E-state index in [-0.39, 0.29) is 11.5 Å². The summed E-state index contributed by atoms with van der Waals surface area (Å²) in [4.78, 5) is 11.3. The predicted octanol–water partition coefficient (Wildman–Crippen LogP) is 2.67. The number of rotatable bonds is 7. The summed E-state index contributed by atoms with van der Waals surface area (Å²) in [6, 6.07) is 8.22. The zero-order chi connectivity index (χ0) is 23.2. The van der Waals surface area contributed by atoms with Gasteiger partial charge in [-0.3, -0.25) is 10.2 Å². The van der Waals surface area contributed by atoms with E-state index < -0.39 is 15.2 Å². The highest BCUT2D eigenvalue weighted by molar-refractivity contribution is 7.78. The van der Waals surface area contributed by atoms with Crippen LogP contribution in [0.1, 0.15) is 52.0 Å². The van der Waals surface area contributed by atoms with Crippen LogP contribution >= 0.6 is 0 Å². The maximum atomic E-state index is 12.7. The third-order valence-corrected chi connectivity index (χ3v) is 6.32. The van der Waals surface area contributed by atoms with Crippen LogP contribution in [0.2, 0.25) is 0 Å². The Hall–Kier alpha value is -2.01. The van der Waals surface area contributed by atoms with E-state index in [0.29, 0.717) is 25.5 Å². The van der Waals surface area contributed by atoms with Crippen LogP contribution in [0, 0.1) is 5.21 Å². The fourth-order valence-electron chi connectivity index (χ4n) is 3.58. The van der Waals surface area contributed by atoms with Crippen molar-refractivity contribution in [3.8, 4) is 5.75 Å². The highest BCUT2D eigenvalue weighted by atomic mass is 32.2. The molecular weight excluding hydrogens is 428 g/mol. The average molecular weight is 465 g/mol. The molecule has 0 radical (unpaired) electrons. The standard InChI is InChI=1S/C22H36N6O3S/c1-22(2,3)25-20-24-21(28(4,29)32(30)26-20)23-12-9-15-31-19-11-8-10-18(16-19)17-27-13-6-5-7-14-27/h8,10-11,16H,5-7,9,12-15,17H2,1-4H3,(H2,23,24,25,26). The Kier molecular flexibility index (Phi) is 8.26. The molecule has 3 rings (SSSR count). The maximum absolute atomic E-state index is 12.7. The molecule has 0 amide bonds. The van der Waals surface area contributed by atoms with Crippen molar-refractivity contribution in [2.45, 2.75) is 58.5 Å². The van der Waals surface area contributed by atoms with Crippen molar-refractivity contribution >= 4 is 23.1 Å². The summed E-state index contributed by atoms with van der Waals surface area (Å²) in [5.74, 6) is 1.22. The van der Waals surface area contributed by atoms with Gasteiger partial charge in [0.15, 0.2) is 0 Å². The van der Waals surface area contributed by atoms with E-state index in [0.717, 1.165) is 12.3 Å². The smallest absolute Gasteiger partial charge is 0.326 e. The fraction of sp³-hybridized carbons (Fsp3) is 0.636. The Morgan fingerprint density at radius 2 is 2.00 bits per heavy atom. The number of ether oxygens (including phenoxy) is 1. The van der Waals surface area contributed by atoms with Gasteiger partial charge < -0.3 is 9.94 Å². The number of likely N-dealkylation sites (tertiary alicyclic amines) is 1. The molecule has 178 valence electrons. The van der Waals surface area contributed by atoms with E-state index >= 15 is 0 Å². The van der Waals surface area contributed by atoms with Crippen LogP contribution in [0.3, 0.4) is 0 Å². The van der Waals surface area contributed by atoms with E-state index in [9.17, 15) is 9.42 Å². The minimum Gasteiger partial charge on any atom is -0.609 e. The van der Waals surface area contributed by atoms with Crippen molar-refractivity contribution in [1.29, 1.82) is 0 Å². The number of guanidine groups is 2. The zero-order valence-electron chi connectivity index (χ0n) is 19.6. The quantitative estimate of drug-likeness (QED) is 0.367. The molecule has 10 heteroatoms. The SMILES string of the molecule is CC(C)(C)N=C1NC(=NCCCOc2cccc(CN3CCCCC3)c2)[N+](C)([O-])S(=O)N1. The molecule has 0 aliphatic carbocycles. The van der Waals surface area contributed by atoms with Gasteiger partial charge in [0.1, 0.15) is 5.75 Å². The van der Waals surface area contributed by atoms with Crippen LogP contribution in [0.25, 0.3) is 0 Å². The lowest BCUT2D eigenvalue weighted by Crippen LogP contribution is -2.65. The van der Waals surface area contributed by atoms with E-state index in [1.54, 1.807) is 0 Å². The molecule has 0 spiro atoms. The number of hydrogen-bond donors (Lipinski definition) is 2. The third kappa shape index (κ3) is 7.26. The molecule has 1 aromatic rings. The minimum atomic E-state index is -1.92. The van der Waals surface area contributed by atoms with Gasteiger partial charge in [0.05, 0.1) is 19.2 Å². The molecule has 32 heavy (non-hydrogen) atoms. The second-order valence-corrected chi connectivity index (χ2v) is 10.7. The first-order chi connectivity index (χ1) is 15.1. The van der Waals surface area contributed by atoms with E-state index in [1.807, 2.05) is 32.9 Å². The van der Waals surface area contributed by atoms with Gasteiger partial charge in [0.25, 0.3) is 0 Å². The second-order valence-electron chi connectivity index (χ2n) is 9.34.